The Bertz CT molecular complexity index is 780. The molecule has 1 rings (SSSR count). The molecule has 15 heteroatoms. The summed E-state index contributed by atoms with van der Waals surface area (Å²) in [7, 11) is 0. The second-order valence-electron chi connectivity index (χ2n) is 4.96. The van der Waals surface area contributed by atoms with E-state index in [0.29, 0.717) is 0 Å². The average Bonchev–Trinajstić information content (AvgIpc) is 3.03. The van der Waals surface area contributed by atoms with Crippen molar-refractivity contribution in [1.82, 2.24) is 0 Å². The van der Waals surface area contributed by atoms with Gasteiger partial charge >= 0.3 is 35.8 Å². The smallest absolute Gasteiger partial charge is 0.278 e. The van der Waals surface area contributed by atoms with Gasteiger partial charge in [-0.05, 0) is 17.4 Å². The van der Waals surface area contributed by atoms with Crippen molar-refractivity contribution in [2.75, 3.05) is 0 Å². The van der Waals surface area contributed by atoms with E-state index in [-0.39, 0.29) is 5.56 Å². The van der Waals surface area contributed by atoms with E-state index in [9.17, 15) is 61.9 Å². The topological polar surface area (TPSA) is 17.1 Å². The third-order valence-corrected chi connectivity index (χ3v) is 3.74. The van der Waals surface area contributed by atoms with Gasteiger partial charge in [0.05, 0.1) is 0 Å². The molecular weight excluding hydrogens is 451 g/mol. The summed E-state index contributed by atoms with van der Waals surface area (Å²) < 4.78 is 167. The fourth-order valence-electron chi connectivity index (χ4n) is 1.46. The Morgan fingerprint density at radius 1 is 0.750 bits per heavy atom. The lowest BCUT2D eigenvalue weighted by Crippen LogP contribution is -2.71. The van der Waals surface area contributed by atoms with E-state index in [1.54, 1.807) is 0 Å². The Morgan fingerprint density at radius 2 is 1.21 bits per heavy atom. The van der Waals surface area contributed by atoms with Gasteiger partial charge in [-0.3, -0.25) is 4.79 Å². The molecule has 0 saturated carbocycles. The number of Topliss-reactive ketones (excluding diaryl/α,β-unsaturated/α-hetero) is 1. The zero-order chi connectivity index (χ0) is 22.4. The highest BCUT2D eigenvalue weighted by molar-refractivity contribution is 7.08. The number of halogens is 13. The molecule has 0 aliphatic heterocycles. The summed E-state index contributed by atoms with van der Waals surface area (Å²) >= 11 is 0.858. The highest BCUT2D eigenvalue weighted by Crippen LogP contribution is 2.60. The first-order valence-electron chi connectivity index (χ1n) is 6.29. The van der Waals surface area contributed by atoms with Crippen molar-refractivity contribution in [2.45, 2.75) is 35.8 Å². The van der Waals surface area contributed by atoms with E-state index < -0.39 is 41.6 Å². The predicted octanol–water partition coefficient (Wildman–Crippen LogP) is 5.41. The van der Waals surface area contributed by atoms with Crippen LogP contribution in [0.25, 0.3) is 0 Å². The van der Waals surface area contributed by atoms with Crippen molar-refractivity contribution in [2.24, 2.45) is 0 Å². The first-order valence-corrected chi connectivity index (χ1v) is 7.24. The van der Waals surface area contributed by atoms with Gasteiger partial charge < -0.3 is 0 Å². The van der Waals surface area contributed by atoms with E-state index >= 15 is 0 Å². The van der Waals surface area contributed by atoms with Crippen molar-refractivity contribution in [3.8, 4) is 11.8 Å². The maximum absolute atomic E-state index is 13.4. The molecule has 0 saturated heterocycles. The minimum atomic E-state index is -8.05. The van der Waals surface area contributed by atoms with Crippen LogP contribution >= 0.6 is 11.3 Å². The van der Waals surface area contributed by atoms with E-state index in [1.165, 1.54) is 11.3 Å². The molecule has 0 spiro atoms. The molecule has 1 nitrogen and oxygen atoms in total. The van der Waals surface area contributed by atoms with Crippen molar-refractivity contribution >= 4 is 17.1 Å². The highest BCUT2D eigenvalue weighted by atomic mass is 32.1. The van der Waals surface area contributed by atoms with Gasteiger partial charge in [-0.25, -0.2) is 0 Å². The molecule has 1 aromatic rings. The van der Waals surface area contributed by atoms with Gasteiger partial charge in [-0.2, -0.15) is 68.4 Å². The summed E-state index contributed by atoms with van der Waals surface area (Å²) in [6.07, 6.45) is -7.51. The molecule has 0 aromatic carbocycles. The van der Waals surface area contributed by atoms with Gasteiger partial charge in [0, 0.05) is 10.9 Å². The highest BCUT2D eigenvalue weighted by Gasteiger charge is 2.91. The normalized spacial score (nSPS) is 14.5. The first kappa shape index (κ1) is 24.1. The lowest BCUT2D eigenvalue weighted by atomic mass is 9.92. The summed E-state index contributed by atoms with van der Waals surface area (Å²) in [5.41, 5.74) is -0.266. The molecule has 28 heavy (non-hydrogen) atoms. The number of carbonyl (C=O) groups is 1. The van der Waals surface area contributed by atoms with E-state index in [4.69, 9.17) is 0 Å². The maximum atomic E-state index is 13.4. The Balaban J connectivity index is 3.42. The van der Waals surface area contributed by atoms with Gasteiger partial charge in [0.25, 0.3) is 5.78 Å². The lowest BCUT2D eigenvalue weighted by molar-refractivity contribution is -0.435. The second-order valence-corrected chi connectivity index (χ2v) is 5.74. The summed E-state index contributed by atoms with van der Waals surface area (Å²) in [4.78, 5) is 11.0. The van der Waals surface area contributed by atoms with Crippen LogP contribution in [0.1, 0.15) is 5.56 Å². The number of thiophene rings is 1. The third-order valence-electron chi connectivity index (χ3n) is 3.06. The van der Waals surface area contributed by atoms with Crippen molar-refractivity contribution in [1.29, 1.82) is 0 Å². The minimum Gasteiger partial charge on any atom is -0.278 e. The molecule has 0 bridgehead atoms. The molecule has 158 valence electrons. The fourth-order valence-corrected chi connectivity index (χ4v) is 2.04. The van der Waals surface area contributed by atoms with Crippen molar-refractivity contribution < 1.29 is 61.9 Å². The Morgan fingerprint density at radius 3 is 1.61 bits per heavy atom. The molecular formula is C13H3F13OS. The van der Waals surface area contributed by atoms with Gasteiger partial charge in [0.2, 0.25) is 0 Å². The molecule has 1 aromatic heterocycles. The van der Waals surface area contributed by atoms with E-state index in [2.05, 4.69) is 0 Å². The lowest BCUT2D eigenvalue weighted by Gasteiger charge is -2.38. The van der Waals surface area contributed by atoms with Crippen LogP contribution in [0.15, 0.2) is 16.8 Å². The Labute approximate surface area is 150 Å². The van der Waals surface area contributed by atoms with E-state index in [1.807, 2.05) is 0 Å². The van der Waals surface area contributed by atoms with Crippen LogP contribution in [0.5, 0.6) is 0 Å². The SMILES string of the molecule is O=C(C#Cc1ccsc1)C(F)(F)C(F)(F)C(F)(F)C(F)(F)C(F)(F)C(F)(F)F. The molecule has 0 N–H and O–H groups in total. The molecule has 0 atom stereocenters. The van der Waals surface area contributed by atoms with E-state index in [0.717, 1.165) is 28.7 Å². The number of carbonyl (C=O) groups excluding carboxylic acids is 1. The Kier molecular flexibility index (Phi) is 5.86. The molecule has 0 aliphatic carbocycles. The summed E-state index contributed by atoms with van der Waals surface area (Å²) in [5, 5.41) is 2.30. The number of hydrogen-bond acceptors (Lipinski definition) is 2. The number of ketones is 1. The van der Waals surface area contributed by atoms with Crippen molar-refractivity contribution in [3.05, 3.63) is 22.4 Å². The fraction of sp³-hybridized carbons (Fsp3) is 0.462. The molecule has 0 fully saturated rings. The van der Waals surface area contributed by atoms with Crippen LogP contribution in [-0.2, 0) is 4.79 Å². The van der Waals surface area contributed by atoms with Crippen LogP contribution in [-0.4, -0.2) is 41.6 Å². The molecule has 1 heterocycles. The van der Waals surface area contributed by atoms with Crippen LogP contribution in [0.2, 0.25) is 0 Å². The second kappa shape index (κ2) is 6.82. The summed E-state index contributed by atoms with van der Waals surface area (Å²) in [6.45, 7) is 0. The van der Waals surface area contributed by atoms with Gasteiger partial charge in [0.15, 0.2) is 0 Å². The Hall–Kier alpha value is -1.98. The quantitative estimate of drug-likeness (QED) is 0.430. The van der Waals surface area contributed by atoms with Crippen molar-refractivity contribution in [3.63, 3.8) is 0 Å². The predicted molar refractivity (Wildman–Crippen MR) is 67.0 cm³/mol. The van der Waals surface area contributed by atoms with Crippen LogP contribution in [0.4, 0.5) is 57.1 Å². The average molecular weight is 454 g/mol. The molecule has 0 unspecified atom stereocenters. The van der Waals surface area contributed by atoms with Gasteiger partial charge in [-0.15, -0.1) is 0 Å². The number of hydrogen-bond donors (Lipinski definition) is 0. The largest absolute Gasteiger partial charge is 0.460 e. The minimum absolute atomic E-state index is 0.266. The van der Waals surface area contributed by atoms with Crippen LogP contribution in [0.3, 0.4) is 0 Å². The molecule has 0 aliphatic rings. The zero-order valence-electron chi connectivity index (χ0n) is 12.5. The first-order chi connectivity index (χ1) is 12.2. The monoisotopic (exact) mass is 454 g/mol. The molecule has 0 amide bonds. The van der Waals surface area contributed by atoms with Crippen LogP contribution in [0, 0.1) is 11.8 Å². The zero-order valence-corrected chi connectivity index (χ0v) is 13.3. The van der Waals surface area contributed by atoms with Gasteiger partial charge in [-0.1, -0.05) is 5.92 Å². The number of alkyl halides is 13. The standard InChI is InChI=1S/C13H3F13OS/c14-8(15,7(27)2-1-6-3-4-28-5-6)9(16,17)10(18,19)11(20,21)12(22,23)13(24,25)26/h3-5H. The summed E-state index contributed by atoms with van der Waals surface area (Å²) in [6, 6.07) is 1.04. The van der Waals surface area contributed by atoms with Crippen LogP contribution < -0.4 is 0 Å². The maximum Gasteiger partial charge on any atom is 0.460 e. The summed E-state index contributed by atoms with van der Waals surface area (Å²) in [5.74, 6) is -39.6. The van der Waals surface area contributed by atoms with Gasteiger partial charge in [0.1, 0.15) is 0 Å². The molecule has 0 radical (unpaired) electrons. The number of rotatable bonds is 5. The third kappa shape index (κ3) is 3.42.